The molecular formula is C19H23F2N3O2. The highest BCUT2D eigenvalue weighted by Gasteiger charge is 2.31. The molecule has 3 N–H and O–H groups in total. The van der Waals surface area contributed by atoms with Crippen LogP contribution in [-0.4, -0.2) is 48.8 Å². The first kappa shape index (κ1) is 21.3. The van der Waals surface area contributed by atoms with Crippen LogP contribution in [0.15, 0.2) is 37.4 Å². The van der Waals surface area contributed by atoms with Crippen LogP contribution in [0.25, 0.3) is 0 Å². The second-order valence-electron chi connectivity index (χ2n) is 5.85. The van der Waals surface area contributed by atoms with Crippen molar-refractivity contribution < 1.29 is 18.4 Å². The van der Waals surface area contributed by atoms with Crippen LogP contribution in [0.2, 0.25) is 0 Å². The lowest BCUT2D eigenvalue weighted by Crippen LogP contribution is -2.50. The zero-order valence-electron chi connectivity index (χ0n) is 14.8. The highest BCUT2D eigenvalue weighted by atomic mass is 19.3. The van der Waals surface area contributed by atoms with E-state index in [4.69, 9.17) is 5.73 Å². The molecule has 1 aromatic carbocycles. The van der Waals surface area contributed by atoms with Crippen molar-refractivity contribution >= 4 is 11.8 Å². The maximum absolute atomic E-state index is 12.7. The standard InChI is InChI=1S/C17H19F2N3O2.C2H4/c1-10(15(18)19)14(16(20)23)21-17(24)12-6-3-11(4-7-12)5-8-13-9-22(13)2;1-2/h3-4,6-7,10,13-15H,9H2,1-2H3,(H2,20,23)(H,21,24);1-2H2. The molecule has 0 saturated carbocycles. The number of carbonyl (C=O) groups excluding carboxylic acids is 2. The number of nitrogens with two attached hydrogens (primary N) is 1. The normalized spacial score (nSPS) is 19.9. The first-order valence-corrected chi connectivity index (χ1v) is 7.99. The van der Waals surface area contributed by atoms with Gasteiger partial charge in [0.25, 0.3) is 5.91 Å². The number of benzene rings is 1. The van der Waals surface area contributed by atoms with Crippen LogP contribution in [0.1, 0.15) is 22.8 Å². The zero-order valence-corrected chi connectivity index (χ0v) is 14.8. The first-order chi connectivity index (χ1) is 12.3. The van der Waals surface area contributed by atoms with E-state index in [0.29, 0.717) is 0 Å². The van der Waals surface area contributed by atoms with Crippen LogP contribution in [0.4, 0.5) is 8.78 Å². The lowest BCUT2D eigenvalue weighted by atomic mass is 10.0. The Labute approximate surface area is 152 Å². The van der Waals surface area contributed by atoms with Gasteiger partial charge in [-0.2, -0.15) is 0 Å². The number of carbonyl (C=O) groups is 2. The van der Waals surface area contributed by atoms with E-state index in [1.165, 1.54) is 12.1 Å². The number of primary amides is 1. The maximum Gasteiger partial charge on any atom is 0.251 e. The number of hydrogen-bond acceptors (Lipinski definition) is 3. The minimum atomic E-state index is -2.76. The van der Waals surface area contributed by atoms with Gasteiger partial charge >= 0.3 is 0 Å². The van der Waals surface area contributed by atoms with E-state index >= 15 is 0 Å². The van der Waals surface area contributed by atoms with Gasteiger partial charge in [0.15, 0.2) is 0 Å². The minimum absolute atomic E-state index is 0.247. The van der Waals surface area contributed by atoms with E-state index in [9.17, 15) is 18.4 Å². The molecule has 2 rings (SSSR count). The van der Waals surface area contributed by atoms with Gasteiger partial charge in [-0.1, -0.05) is 18.8 Å². The number of rotatable bonds is 5. The Morgan fingerprint density at radius 3 is 2.27 bits per heavy atom. The fourth-order valence-electron chi connectivity index (χ4n) is 2.08. The highest BCUT2D eigenvalue weighted by molar-refractivity contribution is 5.97. The van der Waals surface area contributed by atoms with E-state index < -0.39 is 30.2 Å². The number of amides is 2. The van der Waals surface area contributed by atoms with Crippen molar-refractivity contribution in [3.8, 4) is 11.8 Å². The van der Waals surface area contributed by atoms with Gasteiger partial charge in [-0.3, -0.25) is 14.5 Å². The molecule has 1 aliphatic rings. The van der Waals surface area contributed by atoms with Crippen LogP contribution in [-0.2, 0) is 4.79 Å². The highest BCUT2D eigenvalue weighted by Crippen LogP contribution is 2.15. The Balaban J connectivity index is 0.00000163. The van der Waals surface area contributed by atoms with Gasteiger partial charge in [-0.25, -0.2) is 8.78 Å². The summed E-state index contributed by atoms with van der Waals surface area (Å²) < 4.78 is 25.5. The number of halogens is 2. The summed E-state index contributed by atoms with van der Waals surface area (Å²) in [5.41, 5.74) is 6.10. The molecule has 1 heterocycles. The molecule has 4 unspecified atom stereocenters. The Kier molecular flexibility index (Phi) is 7.94. The van der Waals surface area contributed by atoms with Crippen molar-refractivity contribution in [2.24, 2.45) is 11.7 Å². The molecule has 1 fully saturated rings. The third kappa shape index (κ3) is 5.97. The third-order valence-corrected chi connectivity index (χ3v) is 3.91. The van der Waals surface area contributed by atoms with E-state index in [1.807, 2.05) is 7.05 Å². The van der Waals surface area contributed by atoms with Crippen molar-refractivity contribution in [2.45, 2.75) is 25.4 Å². The molecule has 0 aliphatic carbocycles. The Hall–Kier alpha value is -2.72. The predicted octanol–water partition coefficient (Wildman–Crippen LogP) is 1.64. The molecule has 2 amide bonds. The second kappa shape index (κ2) is 9.68. The van der Waals surface area contributed by atoms with Crippen LogP contribution < -0.4 is 11.1 Å². The monoisotopic (exact) mass is 363 g/mol. The summed E-state index contributed by atoms with van der Waals surface area (Å²) in [7, 11) is 1.97. The summed E-state index contributed by atoms with van der Waals surface area (Å²) in [6.07, 6.45) is -2.76. The molecule has 1 aromatic rings. The fourth-order valence-corrected chi connectivity index (χ4v) is 2.08. The van der Waals surface area contributed by atoms with E-state index in [0.717, 1.165) is 19.0 Å². The molecule has 1 aliphatic heterocycles. The topological polar surface area (TPSA) is 75.2 Å². The van der Waals surface area contributed by atoms with Gasteiger partial charge in [0.2, 0.25) is 12.3 Å². The van der Waals surface area contributed by atoms with E-state index in [1.54, 1.807) is 12.1 Å². The summed E-state index contributed by atoms with van der Waals surface area (Å²) in [4.78, 5) is 25.5. The number of hydrogen-bond donors (Lipinski definition) is 2. The lowest BCUT2D eigenvalue weighted by Gasteiger charge is -2.21. The molecule has 7 heteroatoms. The Bertz CT molecular complexity index is 695. The van der Waals surface area contributed by atoms with Gasteiger partial charge in [0, 0.05) is 23.6 Å². The Morgan fingerprint density at radius 1 is 1.31 bits per heavy atom. The molecule has 0 spiro atoms. The quantitative estimate of drug-likeness (QED) is 0.474. The smallest absolute Gasteiger partial charge is 0.251 e. The maximum atomic E-state index is 12.7. The molecule has 0 radical (unpaired) electrons. The number of likely N-dealkylation sites (N-methyl/N-ethyl adjacent to an activating group) is 1. The summed E-state index contributed by atoms with van der Waals surface area (Å²) in [5.74, 6) is 3.08. The zero-order chi connectivity index (χ0) is 19.9. The molecule has 0 aromatic heterocycles. The van der Waals surface area contributed by atoms with Gasteiger partial charge in [-0.15, -0.1) is 13.2 Å². The fraction of sp³-hybridized carbons (Fsp3) is 0.368. The van der Waals surface area contributed by atoms with Crippen molar-refractivity contribution in [1.29, 1.82) is 0 Å². The van der Waals surface area contributed by atoms with Crippen molar-refractivity contribution in [3.63, 3.8) is 0 Å². The molecule has 1 saturated heterocycles. The van der Waals surface area contributed by atoms with Gasteiger partial charge in [0.1, 0.15) is 6.04 Å². The summed E-state index contributed by atoms with van der Waals surface area (Å²) in [5, 5.41) is 2.26. The second-order valence-corrected chi connectivity index (χ2v) is 5.85. The number of nitrogens with zero attached hydrogens (tertiary/aromatic N) is 1. The first-order valence-electron chi connectivity index (χ1n) is 7.99. The SMILES string of the molecule is C=C.CC(C(F)F)C(NC(=O)c1ccc(C#CC2CN2C)cc1)C(N)=O. The van der Waals surface area contributed by atoms with Crippen LogP contribution in [0.5, 0.6) is 0 Å². The number of nitrogens with one attached hydrogen (secondary N) is 1. The third-order valence-electron chi connectivity index (χ3n) is 3.91. The lowest BCUT2D eigenvalue weighted by molar-refractivity contribution is -0.122. The number of alkyl halides is 2. The predicted molar refractivity (Wildman–Crippen MR) is 96.6 cm³/mol. The molecular weight excluding hydrogens is 340 g/mol. The summed E-state index contributed by atoms with van der Waals surface area (Å²) in [6.45, 7) is 8.11. The molecule has 26 heavy (non-hydrogen) atoms. The van der Waals surface area contributed by atoms with Gasteiger partial charge in [-0.05, 0) is 31.3 Å². The summed E-state index contributed by atoms with van der Waals surface area (Å²) >= 11 is 0. The van der Waals surface area contributed by atoms with E-state index in [-0.39, 0.29) is 11.6 Å². The van der Waals surface area contributed by atoms with Crippen molar-refractivity contribution in [2.75, 3.05) is 13.6 Å². The largest absolute Gasteiger partial charge is 0.368 e. The average molecular weight is 363 g/mol. The van der Waals surface area contributed by atoms with Crippen LogP contribution >= 0.6 is 0 Å². The molecule has 4 atom stereocenters. The van der Waals surface area contributed by atoms with Crippen molar-refractivity contribution in [1.82, 2.24) is 10.2 Å². The average Bonchev–Trinajstić information content (AvgIpc) is 3.34. The van der Waals surface area contributed by atoms with Crippen molar-refractivity contribution in [3.05, 3.63) is 48.6 Å². The van der Waals surface area contributed by atoms with Crippen LogP contribution in [0, 0.1) is 17.8 Å². The molecule has 0 bridgehead atoms. The molecule has 140 valence electrons. The Morgan fingerprint density at radius 2 is 1.85 bits per heavy atom. The summed E-state index contributed by atoms with van der Waals surface area (Å²) in [6, 6.07) is 5.24. The van der Waals surface area contributed by atoms with Crippen LogP contribution in [0.3, 0.4) is 0 Å². The van der Waals surface area contributed by atoms with Gasteiger partial charge < -0.3 is 11.1 Å². The van der Waals surface area contributed by atoms with Gasteiger partial charge in [0.05, 0.1) is 6.04 Å². The minimum Gasteiger partial charge on any atom is -0.368 e. The van der Waals surface area contributed by atoms with E-state index in [2.05, 4.69) is 35.2 Å². The molecule has 5 nitrogen and oxygen atoms in total.